The highest BCUT2D eigenvalue weighted by molar-refractivity contribution is 5.98. The van der Waals surface area contributed by atoms with Crippen LogP contribution in [0.3, 0.4) is 0 Å². The van der Waals surface area contributed by atoms with Crippen LogP contribution in [0, 0.1) is 0 Å². The average Bonchev–Trinajstić information content (AvgIpc) is 2.95. The van der Waals surface area contributed by atoms with Crippen molar-refractivity contribution in [2.45, 2.75) is 0 Å². The van der Waals surface area contributed by atoms with E-state index in [0.717, 1.165) is 0 Å². The van der Waals surface area contributed by atoms with Crippen molar-refractivity contribution in [3.8, 4) is 11.3 Å². The number of nitrogens with two attached hydrogens (primary N) is 2. The first-order valence-electron chi connectivity index (χ1n) is 6.09. The van der Waals surface area contributed by atoms with Crippen molar-refractivity contribution in [2.75, 3.05) is 18.6 Å². The Morgan fingerprint density at radius 1 is 1.24 bits per heavy atom. The third-order valence-electron chi connectivity index (χ3n) is 3.08. The zero-order chi connectivity index (χ0) is 15.0. The lowest BCUT2D eigenvalue weighted by molar-refractivity contribution is 0.0601. The van der Waals surface area contributed by atoms with Gasteiger partial charge in [0.05, 0.1) is 18.9 Å². The van der Waals surface area contributed by atoms with E-state index in [9.17, 15) is 4.79 Å². The van der Waals surface area contributed by atoms with Crippen LogP contribution in [0.25, 0.3) is 22.2 Å². The molecule has 3 aromatic rings. The predicted octanol–water partition coefficient (Wildman–Crippen LogP) is 1.84. The van der Waals surface area contributed by atoms with E-state index in [1.165, 1.54) is 13.4 Å². The minimum absolute atomic E-state index is 0.112. The maximum absolute atomic E-state index is 11.7. The molecule has 21 heavy (non-hydrogen) atoms. The van der Waals surface area contributed by atoms with Crippen molar-refractivity contribution in [1.29, 1.82) is 0 Å². The lowest BCUT2D eigenvalue weighted by Crippen LogP contribution is -2.02. The van der Waals surface area contributed by atoms with E-state index in [4.69, 9.17) is 20.6 Å². The van der Waals surface area contributed by atoms with Crippen LogP contribution in [0.15, 0.2) is 34.9 Å². The summed E-state index contributed by atoms with van der Waals surface area (Å²) in [5, 5.41) is 0.633. The minimum Gasteiger partial charge on any atom is -0.465 e. The van der Waals surface area contributed by atoms with Gasteiger partial charge in [0, 0.05) is 10.9 Å². The summed E-state index contributed by atoms with van der Waals surface area (Å²) in [7, 11) is 1.31. The van der Waals surface area contributed by atoms with Crippen LogP contribution in [0.5, 0.6) is 0 Å². The Labute approximate surface area is 119 Å². The maximum atomic E-state index is 11.7. The number of hydrogen-bond acceptors (Lipinski definition) is 7. The van der Waals surface area contributed by atoms with Gasteiger partial charge in [-0.25, -0.2) is 9.78 Å². The van der Waals surface area contributed by atoms with Gasteiger partial charge in [0.2, 0.25) is 5.95 Å². The molecule has 3 rings (SSSR count). The molecule has 0 aliphatic carbocycles. The molecule has 0 saturated heterocycles. The maximum Gasteiger partial charge on any atom is 0.341 e. The molecule has 0 spiro atoms. The molecular formula is C14H12N4O3. The predicted molar refractivity (Wildman–Crippen MR) is 77.4 cm³/mol. The van der Waals surface area contributed by atoms with Crippen LogP contribution >= 0.6 is 0 Å². The van der Waals surface area contributed by atoms with Gasteiger partial charge in [0.1, 0.15) is 17.1 Å². The summed E-state index contributed by atoms with van der Waals surface area (Å²) in [6.07, 6.45) is 1.43. The first kappa shape index (κ1) is 12.9. The Kier molecular flexibility index (Phi) is 2.94. The van der Waals surface area contributed by atoms with Gasteiger partial charge in [-0.15, -0.1) is 0 Å². The summed E-state index contributed by atoms with van der Waals surface area (Å²) in [6.45, 7) is 0. The topological polar surface area (TPSA) is 117 Å². The highest BCUT2D eigenvalue weighted by Gasteiger charge is 2.17. The van der Waals surface area contributed by atoms with Crippen LogP contribution in [0.4, 0.5) is 11.8 Å². The van der Waals surface area contributed by atoms with Gasteiger partial charge in [-0.3, -0.25) is 0 Å². The molecule has 4 N–H and O–H groups in total. The monoisotopic (exact) mass is 284 g/mol. The van der Waals surface area contributed by atoms with Gasteiger partial charge < -0.3 is 20.6 Å². The molecule has 0 amide bonds. The Hall–Kier alpha value is -3.09. The summed E-state index contributed by atoms with van der Waals surface area (Å²) in [5.74, 6) is 0.312. The highest BCUT2D eigenvalue weighted by Crippen LogP contribution is 2.29. The molecule has 0 aliphatic rings. The number of aromatic nitrogens is 2. The fourth-order valence-electron chi connectivity index (χ4n) is 2.12. The van der Waals surface area contributed by atoms with Crippen LogP contribution in [-0.2, 0) is 4.74 Å². The summed E-state index contributed by atoms with van der Waals surface area (Å²) in [5.41, 5.74) is 13.0. The third-order valence-corrected chi connectivity index (χ3v) is 3.08. The second-order valence-electron chi connectivity index (χ2n) is 4.35. The standard InChI is InChI=1S/C14H12N4O3/c1-20-13(19)8-4-5-21-11(8)7-2-3-10-9(6-7)12(15)18-14(16)17-10/h2-6H,1H3,(H4,15,16,17,18). The number of carbonyl (C=O) groups excluding carboxylic acids is 1. The van der Waals surface area contributed by atoms with Gasteiger partial charge in [-0.2, -0.15) is 4.98 Å². The fourth-order valence-corrected chi connectivity index (χ4v) is 2.12. The second kappa shape index (κ2) is 4.78. The Morgan fingerprint density at radius 3 is 2.81 bits per heavy atom. The van der Waals surface area contributed by atoms with Crippen LogP contribution in [-0.4, -0.2) is 23.0 Å². The van der Waals surface area contributed by atoms with E-state index in [-0.39, 0.29) is 11.8 Å². The second-order valence-corrected chi connectivity index (χ2v) is 4.35. The number of esters is 1. The fraction of sp³-hybridized carbons (Fsp3) is 0.0714. The van der Waals surface area contributed by atoms with E-state index in [1.807, 2.05) is 0 Å². The molecular weight excluding hydrogens is 272 g/mol. The molecule has 0 fully saturated rings. The molecule has 7 nitrogen and oxygen atoms in total. The molecule has 7 heteroatoms. The number of carbonyl (C=O) groups is 1. The smallest absolute Gasteiger partial charge is 0.341 e. The molecule has 0 saturated carbocycles. The lowest BCUT2D eigenvalue weighted by atomic mass is 10.1. The summed E-state index contributed by atoms with van der Waals surface area (Å²) < 4.78 is 10.1. The number of fused-ring (bicyclic) bond motifs is 1. The van der Waals surface area contributed by atoms with E-state index >= 15 is 0 Å². The van der Waals surface area contributed by atoms with Crippen LogP contribution < -0.4 is 11.5 Å². The Balaban J connectivity index is 2.18. The molecule has 0 radical (unpaired) electrons. The van der Waals surface area contributed by atoms with Gasteiger partial charge >= 0.3 is 5.97 Å². The van der Waals surface area contributed by atoms with E-state index in [0.29, 0.717) is 27.8 Å². The van der Waals surface area contributed by atoms with Crippen molar-refractivity contribution >= 4 is 28.6 Å². The normalized spacial score (nSPS) is 10.7. The average molecular weight is 284 g/mol. The van der Waals surface area contributed by atoms with Crippen LogP contribution in [0.1, 0.15) is 10.4 Å². The highest BCUT2D eigenvalue weighted by atomic mass is 16.5. The SMILES string of the molecule is COC(=O)c1ccoc1-c1ccc2nc(N)nc(N)c2c1. The number of methoxy groups -OCH3 is 1. The lowest BCUT2D eigenvalue weighted by Gasteiger charge is -2.05. The minimum atomic E-state index is -0.472. The number of nitrogens with zero attached hydrogens (tertiary/aromatic N) is 2. The zero-order valence-corrected chi connectivity index (χ0v) is 11.2. The van der Waals surface area contributed by atoms with E-state index in [2.05, 4.69) is 9.97 Å². The number of anilines is 2. The van der Waals surface area contributed by atoms with Crippen molar-refractivity contribution in [3.05, 3.63) is 36.1 Å². The number of rotatable bonds is 2. The van der Waals surface area contributed by atoms with Gasteiger partial charge in [-0.1, -0.05) is 0 Å². The molecule has 0 aliphatic heterocycles. The van der Waals surface area contributed by atoms with Crippen molar-refractivity contribution < 1.29 is 13.9 Å². The number of benzene rings is 1. The number of hydrogen-bond donors (Lipinski definition) is 2. The number of nitrogen functional groups attached to an aromatic ring is 2. The number of ether oxygens (including phenoxy) is 1. The Bertz CT molecular complexity index is 841. The van der Waals surface area contributed by atoms with Gasteiger partial charge in [0.25, 0.3) is 0 Å². The largest absolute Gasteiger partial charge is 0.465 e. The summed E-state index contributed by atoms with van der Waals surface area (Å²) in [6, 6.07) is 6.80. The van der Waals surface area contributed by atoms with Crippen LogP contribution in [0.2, 0.25) is 0 Å². The third kappa shape index (κ3) is 2.14. The summed E-state index contributed by atoms with van der Waals surface area (Å²) >= 11 is 0. The van der Waals surface area contributed by atoms with Gasteiger partial charge in [-0.05, 0) is 24.3 Å². The summed E-state index contributed by atoms with van der Waals surface area (Å²) in [4.78, 5) is 19.7. The molecule has 0 bridgehead atoms. The molecule has 2 heterocycles. The van der Waals surface area contributed by atoms with Gasteiger partial charge in [0.15, 0.2) is 0 Å². The van der Waals surface area contributed by atoms with E-state index < -0.39 is 5.97 Å². The van der Waals surface area contributed by atoms with Crippen molar-refractivity contribution in [3.63, 3.8) is 0 Å². The zero-order valence-electron chi connectivity index (χ0n) is 11.2. The molecule has 106 valence electrons. The molecule has 1 aromatic carbocycles. The first-order valence-corrected chi connectivity index (χ1v) is 6.09. The molecule has 2 aromatic heterocycles. The quantitative estimate of drug-likeness (QED) is 0.689. The Morgan fingerprint density at radius 2 is 2.05 bits per heavy atom. The molecule has 0 unspecified atom stereocenters. The molecule has 0 atom stereocenters. The van der Waals surface area contributed by atoms with E-state index in [1.54, 1.807) is 24.3 Å². The first-order chi connectivity index (χ1) is 10.1. The number of furan rings is 1. The van der Waals surface area contributed by atoms with Crippen molar-refractivity contribution in [1.82, 2.24) is 9.97 Å². The van der Waals surface area contributed by atoms with Crippen molar-refractivity contribution in [2.24, 2.45) is 0 Å².